The molecular weight excluding hydrogens is 346 g/mol. The van der Waals surface area contributed by atoms with E-state index in [0.717, 1.165) is 32.4 Å². The maximum Gasteiger partial charge on any atom is 0.246 e. The number of hydrogen-bond acceptors (Lipinski definition) is 5. The normalized spacial score (nSPS) is 12.0. The van der Waals surface area contributed by atoms with Crippen molar-refractivity contribution in [3.8, 4) is 0 Å². The number of fused-ring (bicyclic) bond motifs is 3. The zero-order valence-electron chi connectivity index (χ0n) is 14.4. The minimum atomic E-state index is -0.198. The van der Waals surface area contributed by atoms with Crippen LogP contribution in [-0.2, 0) is 11.2 Å². The topological polar surface area (TPSA) is 67.5 Å². The predicted molar refractivity (Wildman–Crippen MR) is 105 cm³/mol. The Morgan fingerprint density at radius 3 is 2.88 bits per heavy atom. The van der Waals surface area contributed by atoms with Crippen molar-refractivity contribution < 1.29 is 9.21 Å². The highest BCUT2D eigenvalue weighted by molar-refractivity contribution is 7.09. The second-order valence-electron chi connectivity index (χ2n) is 6.08. The minimum Gasteiger partial charge on any atom is -0.455 e. The molecule has 1 N–H and O–H groups in total. The van der Waals surface area contributed by atoms with Crippen LogP contribution in [0, 0.1) is 6.92 Å². The Hall–Kier alpha value is -2.99. The number of nitrogens with zero attached hydrogens (tertiary/aromatic N) is 2. The fraction of sp³-hybridized carbons (Fsp3) is 0.150. The molecule has 4 aromatic rings. The van der Waals surface area contributed by atoms with E-state index in [9.17, 15) is 4.79 Å². The van der Waals surface area contributed by atoms with Crippen molar-refractivity contribution in [1.82, 2.24) is 10.4 Å². The molecule has 0 bridgehead atoms. The summed E-state index contributed by atoms with van der Waals surface area (Å²) in [5, 5.41) is 10.3. The van der Waals surface area contributed by atoms with Gasteiger partial charge in [0.05, 0.1) is 17.1 Å². The van der Waals surface area contributed by atoms with Crippen molar-refractivity contribution in [3.63, 3.8) is 0 Å². The van der Waals surface area contributed by atoms with Gasteiger partial charge in [-0.05, 0) is 36.8 Å². The van der Waals surface area contributed by atoms with Gasteiger partial charge in [0.1, 0.15) is 11.3 Å². The average Bonchev–Trinajstić information content (AvgIpc) is 3.26. The number of hydrogen-bond donors (Lipinski definition) is 1. The molecule has 26 heavy (non-hydrogen) atoms. The van der Waals surface area contributed by atoms with Crippen LogP contribution in [0.25, 0.3) is 21.7 Å². The molecule has 0 saturated carbocycles. The van der Waals surface area contributed by atoms with Crippen LogP contribution in [0.1, 0.15) is 23.4 Å². The Labute approximate surface area is 154 Å². The number of rotatable bonds is 4. The fourth-order valence-corrected chi connectivity index (χ4v) is 3.48. The smallest absolute Gasteiger partial charge is 0.246 e. The largest absolute Gasteiger partial charge is 0.455 e. The molecule has 0 saturated heterocycles. The molecule has 0 atom stereocenters. The number of furan rings is 1. The number of carbonyl (C=O) groups is 1. The maximum atomic E-state index is 12.0. The first-order valence-corrected chi connectivity index (χ1v) is 9.14. The summed E-state index contributed by atoms with van der Waals surface area (Å²) in [6.07, 6.45) is 0.214. The molecule has 0 unspecified atom stereocenters. The molecule has 0 aliphatic heterocycles. The van der Waals surface area contributed by atoms with E-state index < -0.39 is 0 Å². The first-order valence-electron chi connectivity index (χ1n) is 8.26. The predicted octanol–water partition coefficient (Wildman–Crippen LogP) is 4.43. The molecule has 0 radical (unpaired) electrons. The molecule has 130 valence electrons. The molecule has 1 amide bonds. The van der Waals surface area contributed by atoms with Crippen LogP contribution in [0.2, 0.25) is 0 Å². The number of thiazole rings is 1. The van der Waals surface area contributed by atoms with Gasteiger partial charge in [0.2, 0.25) is 5.91 Å². The highest BCUT2D eigenvalue weighted by Gasteiger charge is 2.11. The van der Waals surface area contributed by atoms with Crippen molar-refractivity contribution in [3.05, 3.63) is 64.3 Å². The lowest BCUT2D eigenvalue weighted by Crippen LogP contribution is -2.21. The average molecular weight is 363 g/mol. The van der Waals surface area contributed by atoms with Gasteiger partial charge in [0, 0.05) is 10.8 Å². The van der Waals surface area contributed by atoms with E-state index in [-0.39, 0.29) is 12.3 Å². The molecule has 0 fully saturated rings. The van der Waals surface area contributed by atoms with E-state index in [1.165, 1.54) is 11.3 Å². The molecule has 5 nitrogen and oxygen atoms in total. The zero-order chi connectivity index (χ0) is 18.1. The van der Waals surface area contributed by atoms with Crippen molar-refractivity contribution >= 4 is 44.7 Å². The van der Waals surface area contributed by atoms with Crippen LogP contribution in [0.4, 0.5) is 0 Å². The minimum absolute atomic E-state index is 0.198. The zero-order valence-corrected chi connectivity index (χ0v) is 15.3. The van der Waals surface area contributed by atoms with Gasteiger partial charge in [0.15, 0.2) is 5.76 Å². The summed E-state index contributed by atoms with van der Waals surface area (Å²) in [5.74, 6) is 0.442. The van der Waals surface area contributed by atoms with Crippen LogP contribution in [-0.4, -0.2) is 16.6 Å². The van der Waals surface area contributed by atoms with E-state index in [1.807, 2.05) is 49.6 Å². The summed E-state index contributed by atoms with van der Waals surface area (Å²) in [6, 6.07) is 14.1. The van der Waals surface area contributed by atoms with E-state index in [4.69, 9.17) is 4.42 Å². The van der Waals surface area contributed by atoms with Gasteiger partial charge in [-0.3, -0.25) is 4.79 Å². The fourth-order valence-electron chi connectivity index (χ4n) is 2.87. The van der Waals surface area contributed by atoms with Crippen LogP contribution < -0.4 is 5.43 Å². The van der Waals surface area contributed by atoms with Gasteiger partial charge in [-0.2, -0.15) is 5.10 Å². The lowest BCUT2D eigenvalue weighted by atomic mass is 10.1. The Bertz CT molecular complexity index is 1140. The second-order valence-corrected chi connectivity index (χ2v) is 7.14. The second kappa shape index (κ2) is 6.72. The summed E-state index contributed by atoms with van der Waals surface area (Å²) in [5.41, 5.74) is 4.75. The van der Waals surface area contributed by atoms with Crippen LogP contribution in [0.3, 0.4) is 0 Å². The third-order valence-corrected chi connectivity index (χ3v) is 4.96. The standard InChI is InChI=1S/C20H17N3O2S/c1-12(22-23-20(24)9-15-11-26-13(2)21-15)19-10-17-16-6-4-3-5-14(16)7-8-18(17)25-19/h3-8,10-11H,9H2,1-2H3,(H,23,24)/b22-12-. The molecule has 0 aliphatic rings. The van der Waals surface area contributed by atoms with Gasteiger partial charge in [-0.1, -0.05) is 30.3 Å². The molecule has 0 aliphatic carbocycles. The Morgan fingerprint density at radius 2 is 2.08 bits per heavy atom. The van der Waals surface area contributed by atoms with E-state index in [1.54, 1.807) is 0 Å². The maximum absolute atomic E-state index is 12.0. The molecule has 4 rings (SSSR count). The van der Waals surface area contributed by atoms with E-state index in [0.29, 0.717) is 11.5 Å². The van der Waals surface area contributed by atoms with E-state index >= 15 is 0 Å². The van der Waals surface area contributed by atoms with Crippen LogP contribution >= 0.6 is 11.3 Å². The summed E-state index contributed by atoms with van der Waals surface area (Å²) < 4.78 is 5.90. The monoisotopic (exact) mass is 363 g/mol. The highest BCUT2D eigenvalue weighted by atomic mass is 32.1. The van der Waals surface area contributed by atoms with E-state index in [2.05, 4.69) is 27.6 Å². The van der Waals surface area contributed by atoms with Gasteiger partial charge in [-0.15, -0.1) is 11.3 Å². The number of aryl methyl sites for hydroxylation is 1. The van der Waals surface area contributed by atoms with Crippen molar-refractivity contribution in [2.45, 2.75) is 20.3 Å². The lowest BCUT2D eigenvalue weighted by Gasteiger charge is -1.99. The number of aromatic nitrogens is 1. The molecule has 6 heteroatoms. The van der Waals surface area contributed by atoms with Crippen LogP contribution in [0.5, 0.6) is 0 Å². The van der Waals surface area contributed by atoms with Gasteiger partial charge >= 0.3 is 0 Å². The molecule has 2 heterocycles. The van der Waals surface area contributed by atoms with Gasteiger partial charge in [-0.25, -0.2) is 10.4 Å². The van der Waals surface area contributed by atoms with Gasteiger partial charge < -0.3 is 4.42 Å². The summed E-state index contributed by atoms with van der Waals surface area (Å²) >= 11 is 1.53. The molecule has 2 aromatic carbocycles. The number of nitrogens with one attached hydrogen (secondary N) is 1. The summed E-state index contributed by atoms with van der Waals surface area (Å²) in [7, 11) is 0. The first-order chi connectivity index (χ1) is 12.6. The lowest BCUT2D eigenvalue weighted by molar-refractivity contribution is -0.120. The number of benzene rings is 2. The third-order valence-electron chi connectivity index (χ3n) is 4.14. The first kappa shape index (κ1) is 16.5. The Morgan fingerprint density at radius 1 is 1.23 bits per heavy atom. The van der Waals surface area contributed by atoms with Crippen LogP contribution in [0.15, 0.2) is 57.4 Å². The SMILES string of the molecule is C/C(=N/NC(=O)Cc1csc(C)n1)c1cc2c(ccc3ccccc32)o1. The molecule has 0 spiro atoms. The third kappa shape index (κ3) is 3.23. The molecular formula is C20H17N3O2S. The Kier molecular flexibility index (Phi) is 4.26. The number of amides is 1. The van der Waals surface area contributed by atoms with Crippen molar-refractivity contribution in [1.29, 1.82) is 0 Å². The quantitative estimate of drug-likeness (QED) is 0.431. The Balaban J connectivity index is 1.55. The van der Waals surface area contributed by atoms with Crippen molar-refractivity contribution in [2.75, 3.05) is 0 Å². The highest BCUT2D eigenvalue weighted by Crippen LogP contribution is 2.28. The van der Waals surface area contributed by atoms with Crippen molar-refractivity contribution in [2.24, 2.45) is 5.10 Å². The number of hydrazone groups is 1. The molecule has 2 aromatic heterocycles. The summed E-state index contributed by atoms with van der Waals surface area (Å²) in [6.45, 7) is 3.73. The number of carbonyl (C=O) groups excluding carboxylic acids is 1. The summed E-state index contributed by atoms with van der Waals surface area (Å²) in [4.78, 5) is 16.3. The van der Waals surface area contributed by atoms with Gasteiger partial charge in [0.25, 0.3) is 0 Å².